The lowest BCUT2D eigenvalue weighted by Gasteiger charge is -2.41. The predicted molar refractivity (Wildman–Crippen MR) is 150 cm³/mol. The molecule has 0 aliphatic carbocycles. The molecule has 2 aromatic carbocycles. The molecule has 0 saturated heterocycles. The van der Waals surface area contributed by atoms with E-state index in [1.165, 1.54) is 10.4 Å². The lowest BCUT2D eigenvalue weighted by molar-refractivity contribution is 0.334. The van der Waals surface area contributed by atoms with Crippen LogP contribution in [0.5, 0.6) is 0 Å². The summed E-state index contributed by atoms with van der Waals surface area (Å²) in [7, 11) is -9.15. The van der Waals surface area contributed by atoms with Gasteiger partial charge in [0.1, 0.15) is 0 Å². The van der Waals surface area contributed by atoms with E-state index in [0.29, 0.717) is 0 Å². The summed E-state index contributed by atoms with van der Waals surface area (Å²) in [5.74, 6) is 12.1. The molecule has 3 nitrogen and oxygen atoms in total. The molecule has 0 aliphatic heterocycles. The van der Waals surface area contributed by atoms with Crippen molar-refractivity contribution in [3.05, 3.63) is 59.7 Å². The van der Waals surface area contributed by atoms with E-state index >= 15 is 0 Å². The highest BCUT2D eigenvalue weighted by molar-refractivity contribution is 6.95. The van der Waals surface area contributed by atoms with Crippen molar-refractivity contribution in [2.24, 2.45) is 0 Å². The van der Waals surface area contributed by atoms with Gasteiger partial charge in [0, 0.05) is 11.1 Å². The summed E-state index contributed by atoms with van der Waals surface area (Å²) in [6.45, 7) is 21.2. The molecule has 2 rings (SSSR count). The number of rotatable bonds is 8. The highest BCUT2D eigenvalue weighted by Gasteiger charge is 2.44. The zero-order chi connectivity index (χ0) is 24.9. The van der Waals surface area contributed by atoms with E-state index in [1.54, 1.807) is 0 Å². The van der Waals surface area contributed by atoms with Crippen molar-refractivity contribution in [2.45, 2.75) is 66.2 Å². The van der Waals surface area contributed by atoms with Gasteiger partial charge >= 0.3 is 17.1 Å². The molecule has 0 N–H and O–H groups in total. The van der Waals surface area contributed by atoms with Crippen LogP contribution in [0.4, 0.5) is 0 Å². The molecular formula is C26H38O3Si4. The molecule has 0 aromatic heterocycles. The first-order valence-corrected chi connectivity index (χ1v) is 22.8. The molecule has 0 aliphatic rings. The maximum Gasteiger partial charge on any atom is 0.312 e. The molecule has 0 atom stereocenters. The second kappa shape index (κ2) is 10.7. The predicted octanol–water partition coefficient (Wildman–Crippen LogP) is 5.41. The van der Waals surface area contributed by atoms with Crippen molar-refractivity contribution in [2.75, 3.05) is 0 Å². The Kier molecular flexibility index (Phi) is 8.94. The second-order valence-electron chi connectivity index (χ2n) is 10.0. The molecule has 176 valence electrons. The quantitative estimate of drug-likeness (QED) is 0.351. The highest BCUT2D eigenvalue weighted by Crippen LogP contribution is 2.24. The molecule has 0 spiro atoms. The third kappa shape index (κ3) is 8.23. The zero-order valence-corrected chi connectivity index (χ0v) is 25.8. The van der Waals surface area contributed by atoms with Crippen molar-refractivity contribution in [1.29, 1.82) is 0 Å². The first-order valence-electron chi connectivity index (χ1n) is 11.4. The summed E-state index contributed by atoms with van der Waals surface area (Å²) in [6, 6.07) is 16.9. The van der Waals surface area contributed by atoms with Gasteiger partial charge in [-0.3, -0.25) is 0 Å². The van der Waals surface area contributed by atoms with Gasteiger partial charge in [0.05, 0.1) is 0 Å². The van der Waals surface area contributed by atoms with Gasteiger partial charge in [-0.2, -0.15) is 0 Å². The van der Waals surface area contributed by atoms with Gasteiger partial charge < -0.3 is 12.3 Å². The maximum absolute atomic E-state index is 6.78. The van der Waals surface area contributed by atoms with Gasteiger partial charge in [-0.25, -0.2) is 0 Å². The lowest BCUT2D eigenvalue weighted by atomic mass is 10.2. The Hall–Kier alpha value is -1.69. The monoisotopic (exact) mass is 510 g/mol. The van der Waals surface area contributed by atoms with Crippen LogP contribution >= 0.6 is 0 Å². The number of hydrogen-bond donors (Lipinski definition) is 0. The second-order valence-corrected chi connectivity index (χ2v) is 25.3. The maximum atomic E-state index is 6.78. The molecule has 33 heavy (non-hydrogen) atoms. The van der Waals surface area contributed by atoms with Gasteiger partial charge in [-0.15, -0.1) is 11.8 Å². The fourth-order valence-electron chi connectivity index (χ4n) is 4.18. The Balaban J connectivity index is 2.13. The summed E-state index contributed by atoms with van der Waals surface area (Å²) in [4.78, 5) is 0. The topological polar surface area (TPSA) is 27.7 Å². The molecule has 0 unspecified atom stereocenters. The van der Waals surface area contributed by atoms with Crippen molar-refractivity contribution in [3.63, 3.8) is 0 Å². The third-order valence-corrected chi connectivity index (χ3v) is 20.6. The summed E-state index contributed by atoms with van der Waals surface area (Å²) in [5, 5.41) is 2.50. The molecule has 7 heteroatoms. The van der Waals surface area contributed by atoms with E-state index in [9.17, 15) is 0 Å². The summed E-state index contributed by atoms with van der Waals surface area (Å²) in [5.41, 5.74) is 2.06. The largest absolute Gasteiger partial charge is 0.433 e. The van der Waals surface area contributed by atoms with E-state index < -0.39 is 33.8 Å². The van der Waals surface area contributed by atoms with Crippen LogP contribution in [-0.4, -0.2) is 33.8 Å². The Morgan fingerprint density at radius 3 is 1.06 bits per heavy atom. The fraction of sp³-hybridized carbons (Fsp3) is 0.385. The van der Waals surface area contributed by atoms with E-state index in [4.69, 9.17) is 12.3 Å². The van der Waals surface area contributed by atoms with Gasteiger partial charge in [0.25, 0.3) is 0 Å². The van der Waals surface area contributed by atoms with E-state index in [-0.39, 0.29) is 0 Å². The summed E-state index contributed by atoms with van der Waals surface area (Å²) >= 11 is 0. The first kappa shape index (κ1) is 27.6. The van der Waals surface area contributed by atoms with Crippen LogP contribution in [0.15, 0.2) is 48.5 Å². The average molecular weight is 511 g/mol. The number of benzene rings is 2. The van der Waals surface area contributed by atoms with Crippen LogP contribution in [0.2, 0.25) is 52.4 Å². The van der Waals surface area contributed by atoms with Crippen LogP contribution in [-0.2, 0) is 12.3 Å². The molecule has 0 saturated carbocycles. The standard InChI is InChI=1S/C26H38O3Si4/c1-11-13-23-15-19-25(20-16-23)30(3,4)27-32(7,8)29-33(9,10)28-31(5,6)26-21-17-24(14-12-2)18-22-26/h15-22H,1-10H3. The number of hydrogen-bond acceptors (Lipinski definition) is 3. The van der Waals surface area contributed by atoms with Gasteiger partial charge in [0.15, 0.2) is 0 Å². The molecular weight excluding hydrogens is 473 g/mol. The molecule has 0 fully saturated rings. The van der Waals surface area contributed by atoms with E-state index in [2.05, 4.69) is 125 Å². The molecule has 0 radical (unpaired) electrons. The zero-order valence-electron chi connectivity index (χ0n) is 21.8. The van der Waals surface area contributed by atoms with Crippen LogP contribution < -0.4 is 10.4 Å². The first-order chi connectivity index (χ1) is 15.2. The van der Waals surface area contributed by atoms with Crippen molar-refractivity contribution in [1.82, 2.24) is 0 Å². The minimum absolute atomic E-state index is 1.03. The third-order valence-electron chi connectivity index (χ3n) is 5.19. The van der Waals surface area contributed by atoms with E-state index in [0.717, 1.165) is 11.1 Å². The van der Waals surface area contributed by atoms with Crippen molar-refractivity contribution in [3.8, 4) is 23.7 Å². The highest BCUT2D eigenvalue weighted by atomic mass is 28.5. The van der Waals surface area contributed by atoms with Crippen molar-refractivity contribution < 1.29 is 12.3 Å². The Labute approximate surface area is 205 Å². The average Bonchev–Trinajstić information content (AvgIpc) is 2.66. The van der Waals surface area contributed by atoms with Crippen LogP contribution in [0.25, 0.3) is 0 Å². The molecule has 2 aromatic rings. The normalized spacial score (nSPS) is 12.4. The summed E-state index contributed by atoms with van der Waals surface area (Å²) in [6.07, 6.45) is 0. The molecule has 0 heterocycles. The van der Waals surface area contributed by atoms with Crippen LogP contribution in [0, 0.1) is 23.7 Å². The lowest BCUT2D eigenvalue weighted by Crippen LogP contribution is -2.60. The van der Waals surface area contributed by atoms with Crippen LogP contribution in [0.1, 0.15) is 25.0 Å². The summed E-state index contributed by atoms with van der Waals surface area (Å²) < 4.78 is 20.3. The van der Waals surface area contributed by atoms with Crippen molar-refractivity contribution >= 4 is 44.1 Å². The smallest absolute Gasteiger partial charge is 0.312 e. The minimum Gasteiger partial charge on any atom is -0.433 e. The molecule has 0 amide bonds. The Morgan fingerprint density at radius 1 is 0.485 bits per heavy atom. The molecule has 0 bridgehead atoms. The van der Waals surface area contributed by atoms with E-state index in [1.807, 2.05) is 13.8 Å². The Bertz CT molecular complexity index is 977. The fourth-order valence-corrected chi connectivity index (χ4v) is 22.7. The minimum atomic E-state index is -2.43. The van der Waals surface area contributed by atoms with Gasteiger partial charge in [-0.1, -0.05) is 36.1 Å². The Morgan fingerprint density at radius 2 is 0.788 bits per heavy atom. The van der Waals surface area contributed by atoms with Gasteiger partial charge in [0.2, 0.25) is 16.6 Å². The SMILES string of the molecule is CC#Cc1ccc([Si](C)(C)O[Si](C)(C)O[Si](C)(C)O[Si](C)(C)c2ccc(C#CC)cc2)cc1. The van der Waals surface area contributed by atoms with Crippen LogP contribution in [0.3, 0.4) is 0 Å². The van der Waals surface area contributed by atoms with Gasteiger partial charge in [-0.05, 0) is 101 Å².